The molecule has 0 saturated carbocycles. The molecule has 0 radical (unpaired) electrons. The zero-order valence-corrected chi connectivity index (χ0v) is 17.6. The molecule has 0 fully saturated rings. The Hall–Kier alpha value is -2.25. The molecule has 0 unspecified atom stereocenters. The standard InChI is InChI=1S/C21H22N2O3S2/c1-14-3-5-15(6-4-14)11-20(24)22-21-23(7-10-27-2)16-12-17-18(13-19(16)28-21)26-9-8-25-17/h3-6,12-13H,7-11H2,1-2H3. The van der Waals surface area contributed by atoms with Crippen molar-refractivity contribution in [2.24, 2.45) is 4.99 Å². The lowest BCUT2D eigenvalue weighted by atomic mass is 10.1. The molecule has 0 spiro atoms. The van der Waals surface area contributed by atoms with Crippen LogP contribution < -0.4 is 14.3 Å². The molecule has 1 aromatic heterocycles. The minimum atomic E-state index is -0.134. The molecule has 3 aromatic rings. The van der Waals surface area contributed by atoms with E-state index in [-0.39, 0.29) is 5.91 Å². The fraction of sp³-hybridized carbons (Fsp3) is 0.333. The molecule has 0 aliphatic carbocycles. The summed E-state index contributed by atoms with van der Waals surface area (Å²) in [6, 6.07) is 12.0. The first-order chi connectivity index (χ1) is 13.6. The number of hydrogen-bond donors (Lipinski definition) is 0. The van der Waals surface area contributed by atoms with Crippen LogP contribution in [0.1, 0.15) is 11.1 Å². The van der Waals surface area contributed by atoms with Crippen molar-refractivity contribution in [3.63, 3.8) is 0 Å². The molecule has 5 nitrogen and oxygen atoms in total. The number of carbonyl (C=O) groups excluding carboxylic acids is 1. The van der Waals surface area contributed by atoms with E-state index in [0.717, 1.165) is 44.4 Å². The van der Waals surface area contributed by atoms with Crippen molar-refractivity contribution >= 4 is 39.2 Å². The third-order valence-electron chi connectivity index (χ3n) is 4.56. The Morgan fingerprint density at radius 1 is 1.18 bits per heavy atom. The van der Waals surface area contributed by atoms with E-state index in [1.807, 2.05) is 43.3 Å². The minimum absolute atomic E-state index is 0.134. The van der Waals surface area contributed by atoms with E-state index in [9.17, 15) is 4.79 Å². The molecule has 7 heteroatoms. The number of amides is 1. The van der Waals surface area contributed by atoms with E-state index in [2.05, 4.69) is 15.8 Å². The van der Waals surface area contributed by atoms with Gasteiger partial charge in [-0.1, -0.05) is 41.2 Å². The molecule has 2 aromatic carbocycles. The average molecular weight is 415 g/mol. The van der Waals surface area contributed by atoms with Gasteiger partial charge in [0.1, 0.15) is 13.2 Å². The zero-order chi connectivity index (χ0) is 19.5. The molecule has 1 amide bonds. The van der Waals surface area contributed by atoms with E-state index >= 15 is 0 Å². The highest BCUT2D eigenvalue weighted by molar-refractivity contribution is 7.98. The van der Waals surface area contributed by atoms with Crippen molar-refractivity contribution in [2.45, 2.75) is 19.9 Å². The molecule has 0 bridgehead atoms. The second-order valence-electron chi connectivity index (χ2n) is 6.66. The first-order valence-corrected chi connectivity index (χ1v) is 11.4. The van der Waals surface area contributed by atoms with E-state index in [4.69, 9.17) is 9.47 Å². The smallest absolute Gasteiger partial charge is 0.252 e. The topological polar surface area (TPSA) is 52.8 Å². The number of aryl methyl sites for hydroxylation is 2. The Morgan fingerprint density at radius 3 is 2.61 bits per heavy atom. The summed E-state index contributed by atoms with van der Waals surface area (Å²) in [6.07, 6.45) is 2.38. The number of benzene rings is 2. The Kier molecular flexibility index (Phi) is 5.73. The molecule has 1 aliphatic rings. The lowest BCUT2D eigenvalue weighted by Gasteiger charge is -2.18. The molecule has 146 valence electrons. The molecule has 2 heterocycles. The van der Waals surface area contributed by atoms with Crippen LogP contribution in [0.5, 0.6) is 11.5 Å². The number of carbonyl (C=O) groups is 1. The molecule has 0 N–H and O–H groups in total. The third-order valence-corrected chi connectivity index (χ3v) is 6.19. The Labute approximate surface area is 172 Å². The molecule has 0 saturated heterocycles. The summed E-state index contributed by atoms with van der Waals surface area (Å²) >= 11 is 3.29. The second kappa shape index (κ2) is 8.41. The monoisotopic (exact) mass is 414 g/mol. The second-order valence-corrected chi connectivity index (χ2v) is 8.66. The van der Waals surface area contributed by atoms with E-state index in [1.165, 1.54) is 16.9 Å². The van der Waals surface area contributed by atoms with Gasteiger partial charge in [-0.25, -0.2) is 0 Å². The van der Waals surface area contributed by atoms with Crippen LogP contribution in [0.15, 0.2) is 41.4 Å². The number of thioether (sulfide) groups is 1. The minimum Gasteiger partial charge on any atom is -0.486 e. The number of fused-ring (bicyclic) bond motifs is 2. The third kappa shape index (κ3) is 4.10. The van der Waals surface area contributed by atoms with Gasteiger partial charge >= 0.3 is 0 Å². The normalized spacial score (nSPS) is 13.9. The summed E-state index contributed by atoms with van der Waals surface area (Å²) < 4.78 is 14.6. The largest absolute Gasteiger partial charge is 0.486 e. The summed E-state index contributed by atoms with van der Waals surface area (Å²) in [4.78, 5) is 17.8. The number of thiazole rings is 1. The Morgan fingerprint density at radius 2 is 1.89 bits per heavy atom. The average Bonchev–Trinajstić information content (AvgIpc) is 3.02. The fourth-order valence-electron chi connectivity index (χ4n) is 3.12. The van der Waals surface area contributed by atoms with Gasteiger partial charge in [0, 0.05) is 24.4 Å². The molecule has 1 aliphatic heterocycles. The van der Waals surface area contributed by atoms with Crippen LogP contribution in [-0.4, -0.2) is 35.7 Å². The zero-order valence-electron chi connectivity index (χ0n) is 15.9. The lowest BCUT2D eigenvalue weighted by Crippen LogP contribution is -2.19. The highest BCUT2D eigenvalue weighted by atomic mass is 32.2. The lowest BCUT2D eigenvalue weighted by molar-refractivity contribution is -0.117. The summed E-state index contributed by atoms with van der Waals surface area (Å²) in [5.74, 6) is 2.33. The van der Waals surface area contributed by atoms with Crippen LogP contribution in [-0.2, 0) is 17.8 Å². The van der Waals surface area contributed by atoms with Crippen molar-refractivity contribution in [1.29, 1.82) is 0 Å². The van der Waals surface area contributed by atoms with Crippen LogP contribution in [0.25, 0.3) is 10.2 Å². The highest BCUT2D eigenvalue weighted by Crippen LogP contribution is 2.35. The Balaban J connectivity index is 1.72. The van der Waals surface area contributed by atoms with Gasteiger partial charge in [0.15, 0.2) is 16.3 Å². The van der Waals surface area contributed by atoms with Gasteiger partial charge in [0.25, 0.3) is 5.91 Å². The SMILES string of the molecule is CSCCn1c(=NC(=O)Cc2ccc(C)cc2)sc2cc3c(cc21)OCCO3. The maximum absolute atomic E-state index is 12.6. The van der Waals surface area contributed by atoms with Gasteiger partial charge in [0.2, 0.25) is 0 Å². The summed E-state index contributed by atoms with van der Waals surface area (Å²) in [5, 5.41) is 0. The van der Waals surface area contributed by atoms with Crippen LogP contribution in [0, 0.1) is 6.92 Å². The van der Waals surface area contributed by atoms with Crippen molar-refractivity contribution in [3.05, 3.63) is 52.3 Å². The maximum Gasteiger partial charge on any atom is 0.252 e. The van der Waals surface area contributed by atoms with E-state index in [1.54, 1.807) is 11.8 Å². The number of nitrogens with zero attached hydrogens (tertiary/aromatic N) is 2. The number of rotatable bonds is 5. The first kappa shape index (κ1) is 19.1. The highest BCUT2D eigenvalue weighted by Gasteiger charge is 2.16. The van der Waals surface area contributed by atoms with E-state index in [0.29, 0.717) is 19.6 Å². The number of ether oxygens (including phenoxy) is 2. The molecule has 28 heavy (non-hydrogen) atoms. The quantitative estimate of drug-likeness (QED) is 0.637. The van der Waals surface area contributed by atoms with Crippen molar-refractivity contribution in [1.82, 2.24) is 4.57 Å². The van der Waals surface area contributed by atoms with Gasteiger partial charge in [-0.05, 0) is 18.7 Å². The predicted molar refractivity (Wildman–Crippen MR) is 115 cm³/mol. The van der Waals surface area contributed by atoms with Gasteiger partial charge in [0.05, 0.1) is 16.6 Å². The van der Waals surface area contributed by atoms with Crippen LogP contribution >= 0.6 is 23.1 Å². The van der Waals surface area contributed by atoms with Crippen LogP contribution in [0.4, 0.5) is 0 Å². The van der Waals surface area contributed by atoms with Gasteiger partial charge in [-0.3, -0.25) is 4.79 Å². The van der Waals surface area contributed by atoms with Crippen LogP contribution in [0.2, 0.25) is 0 Å². The van der Waals surface area contributed by atoms with E-state index < -0.39 is 0 Å². The number of hydrogen-bond acceptors (Lipinski definition) is 5. The van der Waals surface area contributed by atoms with Gasteiger partial charge in [-0.2, -0.15) is 16.8 Å². The predicted octanol–water partition coefficient (Wildman–Crippen LogP) is 3.82. The molecular formula is C21H22N2O3S2. The van der Waals surface area contributed by atoms with Crippen molar-refractivity contribution < 1.29 is 14.3 Å². The van der Waals surface area contributed by atoms with Crippen molar-refractivity contribution in [2.75, 3.05) is 25.2 Å². The van der Waals surface area contributed by atoms with Gasteiger partial charge < -0.3 is 14.0 Å². The number of aromatic nitrogens is 1. The summed E-state index contributed by atoms with van der Waals surface area (Å²) in [7, 11) is 0. The molecule has 4 rings (SSSR count). The summed E-state index contributed by atoms with van der Waals surface area (Å²) in [6.45, 7) is 3.94. The van der Waals surface area contributed by atoms with Crippen LogP contribution in [0.3, 0.4) is 0 Å². The van der Waals surface area contributed by atoms with Gasteiger partial charge in [-0.15, -0.1) is 0 Å². The first-order valence-electron chi connectivity index (χ1n) is 9.19. The molecular weight excluding hydrogens is 392 g/mol. The summed E-state index contributed by atoms with van der Waals surface area (Å²) in [5.41, 5.74) is 3.19. The molecule has 0 atom stereocenters. The fourth-order valence-corrected chi connectivity index (χ4v) is 4.57. The Bertz CT molecular complexity index is 1070. The van der Waals surface area contributed by atoms with Crippen molar-refractivity contribution in [3.8, 4) is 11.5 Å². The maximum atomic E-state index is 12.6.